The Morgan fingerprint density at radius 3 is 1.75 bits per heavy atom. The lowest BCUT2D eigenvalue weighted by Crippen LogP contribution is -2.35. The van der Waals surface area contributed by atoms with Crippen LogP contribution in [0.5, 0.6) is 0 Å². The van der Waals surface area contributed by atoms with E-state index in [2.05, 4.69) is 180 Å². The Labute approximate surface area is 304 Å². The van der Waals surface area contributed by atoms with Crippen LogP contribution in [0.4, 0.5) is 0 Å². The lowest BCUT2D eigenvalue weighted by molar-refractivity contribution is 0.383. The lowest BCUT2D eigenvalue weighted by atomic mass is 9.96. The van der Waals surface area contributed by atoms with Gasteiger partial charge in [0.15, 0.2) is 5.84 Å². The molecule has 2 heterocycles. The summed E-state index contributed by atoms with van der Waals surface area (Å²) in [6, 6.07) is 52.0. The van der Waals surface area contributed by atoms with E-state index < -0.39 is 0 Å². The van der Waals surface area contributed by atoms with Crippen LogP contribution in [0.2, 0.25) is 0 Å². The van der Waals surface area contributed by atoms with Crippen molar-refractivity contribution in [1.82, 2.24) is 21.1 Å². The van der Waals surface area contributed by atoms with E-state index >= 15 is 0 Å². The molecule has 0 amide bonds. The molecule has 0 aromatic heterocycles. The Hall–Kier alpha value is -5.92. The molecule has 0 saturated carbocycles. The van der Waals surface area contributed by atoms with Crippen LogP contribution >= 0.6 is 0 Å². The highest BCUT2D eigenvalue weighted by atomic mass is 15.5. The first-order valence-corrected chi connectivity index (χ1v) is 18.0. The Morgan fingerprint density at radius 2 is 1.13 bits per heavy atom. The number of benzene rings is 6. The Morgan fingerprint density at radius 1 is 0.558 bits per heavy atom. The molecule has 0 radical (unpaired) electrons. The largest absolute Gasteiger partial charge is 0.333 e. The van der Waals surface area contributed by atoms with E-state index in [1.807, 2.05) is 12.1 Å². The average molecular weight is 677 g/mol. The van der Waals surface area contributed by atoms with Gasteiger partial charge in [-0.25, -0.2) is 20.8 Å². The van der Waals surface area contributed by atoms with Crippen molar-refractivity contribution in [3.8, 4) is 22.3 Å². The standard InChI is InChI=1S/C46H40N6/c1-52-45(37-15-9-4-10-16-37)48-42(34-11-5-2-6-12-34)49-46(52)38-25-19-32(20-26-38)40-28-22-33-21-27-39(29-41(33)30-40)31-17-23-36(24-18-31)44-47-43(50-51-44)35-13-7-3-8-14-35/h3-5,7-30,43-44,46-47,50-51H,2,6H2,1H3. The fourth-order valence-corrected chi connectivity index (χ4v) is 7.34. The summed E-state index contributed by atoms with van der Waals surface area (Å²) < 4.78 is 0. The smallest absolute Gasteiger partial charge is 0.159 e. The number of amidine groups is 2. The molecule has 3 unspecified atom stereocenters. The van der Waals surface area contributed by atoms with E-state index in [-0.39, 0.29) is 18.5 Å². The molecular formula is C46H40N6. The maximum atomic E-state index is 5.18. The van der Waals surface area contributed by atoms with Gasteiger partial charge in [0.25, 0.3) is 0 Å². The van der Waals surface area contributed by atoms with Crippen molar-refractivity contribution in [2.24, 2.45) is 9.98 Å². The van der Waals surface area contributed by atoms with Crippen molar-refractivity contribution < 1.29 is 0 Å². The highest BCUT2D eigenvalue weighted by Crippen LogP contribution is 2.33. The minimum atomic E-state index is -0.180. The summed E-state index contributed by atoms with van der Waals surface area (Å²) >= 11 is 0. The van der Waals surface area contributed by atoms with Gasteiger partial charge in [0.05, 0.1) is 12.3 Å². The average Bonchev–Trinajstić information content (AvgIpc) is 3.72. The number of nitrogens with zero attached hydrogens (tertiary/aromatic N) is 3. The maximum absolute atomic E-state index is 5.18. The third-order valence-electron chi connectivity index (χ3n) is 10.2. The van der Waals surface area contributed by atoms with Crippen molar-refractivity contribution in [1.29, 1.82) is 0 Å². The summed E-state index contributed by atoms with van der Waals surface area (Å²) in [6.45, 7) is 0. The number of rotatable bonds is 7. The van der Waals surface area contributed by atoms with Crippen LogP contribution in [-0.4, -0.2) is 23.6 Å². The van der Waals surface area contributed by atoms with Crippen molar-refractivity contribution in [3.63, 3.8) is 0 Å². The SMILES string of the molecule is CN1C(c2ccccc2)=NC(C2=CCCC=C2)=NC1c1ccc(-c2ccc3ccc(-c4ccc(C5NNC(c6ccccc6)N5)cc4)cc3c2)cc1. The molecule has 6 aromatic rings. The fourth-order valence-electron chi connectivity index (χ4n) is 7.34. The van der Waals surface area contributed by atoms with Gasteiger partial charge in [0, 0.05) is 18.2 Å². The highest BCUT2D eigenvalue weighted by Gasteiger charge is 2.27. The van der Waals surface area contributed by atoms with Crippen LogP contribution in [0.25, 0.3) is 33.0 Å². The first kappa shape index (κ1) is 32.0. The minimum absolute atomic E-state index is 0.0302. The van der Waals surface area contributed by atoms with Gasteiger partial charge in [-0.2, -0.15) is 0 Å². The van der Waals surface area contributed by atoms with E-state index in [4.69, 9.17) is 9.98 Å². The number of allylic oxidation sites excluding steroid dienone is 2. The molecule has 6 heteroatoms. The molecule has 3 N–H and O–H groups in total. The van der Waals surface area contributed by atoms with E-state index in [9.17, 15) is 0 Å². The van der Waals surface area contributed by atoms with Gasteiger partial charge < -0.3 is 4.90 Å². The second kappa shape index (κ2) is 14.0. The molecule has 1 fully saturated rings. The van der Waals surface area contributed by atoms with Crippen molar-refractivity contribution in [2.75, 3.05) is 7.05 Å². The molecule has 254 valence electrons. The molecule has 3 aliphatic rings. The van der Waals surface area contributed by atoms with Crippen LogP contribution in [0.15, 0.2) is 179 Å². The second-order valence-electron chi connectivity index (χ2n) is 13.6. The van der Waals surface area contributed by atoms with Gasteiger partial charge in [-0.1, -0.05) is 152 Å². The topological polar surface area (TPSA) is 64.0 Å². The van der Waals surface area contributed by atoms with Crippen molar-refractivity contribution in [2.45, 2.75) is 31.3 Å². The summed E-state index contributed by atoms with van der Waals surface area (Å²) in [5.41, 5.74) is 17.2. The Bertz CT molecular complexity index is 2340. The molecule has 9 rings (SSSR count). The van der Waals surface area contributed by atoms with Gasteiger partial charge >= 0.3 is 0 Å². The maximum Gasteiger partial charge on any atom is 0.159 e. The zero-order valence-electron chi connectivity index (χ0n) is 29.1. The number of aliphatic imine (C=N–C) groups is 2. The molecule has 2 aliphatic heterocycles. The third-order valence-corrected chi connectivity index (χ3v) is 10.2. The lowest BCUT2D eigenvalue weighted by Gasteiger charge is -2.32. The number of hydrogen-bond acceptors (Lipinski definition) is 6. The molecule has 1 aliphatic carbocycles. The molecule has 3 atom stereocenters. The van der Waals surface area contributed by atoms with Crippen LogP contribution < -0.4 is 16.2 Å². The minimum Gasteiger partial charge on any atom is -0.333 e. The Balaban J connectivity index is 0.951. The van der Waals surface area contributed by atoms with E-state index in [0.717, 1.165) is 41.2 Å². The molecular weight excluding hydrogens is 637 g/mol. The summed E-state index contributed by atoms with van der Waals surface area (Å²) in [5.74, 6) is 1.72. The van der Waals surface area contributed by atoms with Crippen molar-refractivity contribution in [3.05, 3.63) is 192 Å². The Kier molecular flexibility index (Phi) is 8.62. The summed E-state index contributed by atoms with van der Waals surface area (Å²) in [5, 5.41) is 6.08. The van der Waals surface area contributed by atoms with Crippen LogP contribution in [0.1, 0.15) is 53.6 Å². The predicted molar refractivity (Wildman–Crippen MR) is 214 cm³/mol. The van der Waals surface area contributed by atoms with Gasteiger partial charge in [-0.05, 0) is 74.7 Å². The number of hydrazine groups is 1. The summed E-state index contributed by atoms with van der Waals surface area (Å²) in [7, 11) is 2.09. The van der Waals surface area contributed by atoms with Crippen LogP contribution in [0, 0.1) is 0 Å². The number of fused-ring (bicyclic) bond motifs is 1. The fraction of sp³-hybridized carbons (Fsp3) is 0.130. The van der Waals surface area contributed by atoms with Gasteiger partial charge in [-0.3, -0.25) is 5.32 Å². The van der Waals surface area contributed by atoms with Crippen LogP contribution in [-0.2, 0) is 0 Å². The van der Waals surface area contributed by atoms with E-state index in [1.165, 1.54) is 44.2 Å². The second-order valence-corrected chi connectivity index (χ2v) is 13.6. The first-order valence-electron chi connectivity index (χ1n) is 18.0. The zero-order chi connectivity index (χ0) is 34.9. The molecule has 52 heavy (non-hydrogen) atoms. The highest BCUT2D eigenvalue weighted by molar-refractivity contribution is 6.13. The molecule has 6 aromatic carbocycles. The predicted octanol–water partition coefficient (Wildman–Crippen LogP) is 9.63. The first-order chi connectivity index (χ1) is 25.7. The van der Waals surface area contributed by atoms with Gasteiger partial charge in [0.2, 0.25) is 0 Å². The number of nitrogens with one attached hydrogen (secondary N) is 3. The monoisotopic (exact) mass is 676 g/mol. The third kappa shape index (κ3) is 6.40. The normalized spacial score (nSPS) is 20.1. The van der Waals surface area contributed by atoms with Crippen molar-refractivity contribution >= 4 is 22.4 Å². The molecule has 1 saturated heterocycles. The molecule has 0 spiro atoms. The van der Waals surface area contributed by atoms with Gasteiger partial charge in [-0.15, -0.1) is 0 Å². The zero-order valence-corrected chi connectivity index (χ0v) is 29.1. The van der Waals surface area contributed by atoms with E-state index in [0.29, 0.717) is 0 Å². The summed E-state index contributed by atoms with van der Waals surface area (Å²) in [4.78, 5) is 12.4. The van der Waals surface area contributed by atoms with Crippen LogP contribution in [0.3, 0.4) is 0 Å². The number of hydrogen-bond donors (Lipinski definition) is 3. The molecule has 6 nitrogen and oxygen atoms in total. The van der Waals surface area contributed by atoms with Gasteiger partial charge in [0.1, 0.15) is 12.0 Å². The molecule has 0 bridgehead atoms. The quantitative estimate of drug-likeness (QED) is 0.158. The summed E-state index contributed by atoms with van der Waals surface area (Å²) in [6.07, 6.45) is 8.61. The van der Waals surface area contributed by atoms with E-state index in [1.54, 1.807) is 0 Å².